The molecule has 0 aliphatic carbocycles. The molecule has 1 aromatic heterocycles. The van der Waals surface area contributed by atoms with Gasteiger partial charge in [-0.1, -0.05) is 25.7 Å². The molecule has 7 heteroatoms. The maximum atomic E-state index is 12.8. The Hall–Kier alpha value is -2.12. The van der Waals surface area contributed by atoms with Crippen LogP contribution in [0.15, 0.2) is 30.5 Å². The highest BCUT2D eigenvalue weighted by molar-refractivity contribution is 6.76. The lowest BCUT2D eigenvalue weighted by Crippen LogP contribution is -2.53. The number of hydrogen-bond acceptors (Lipinski definition) is 3. The first-order chi connectivity index (χ1) is 11.9. The van der Waals surface area contributed by atoms with Gasteiger partial charge in [-0.25, -0.2) is 9.69 Å². The predicted molar refractivity (Wildman–Crippen MR) is 101 cm³/mol. The quantitative estimate of drug-likeness (QED) is 0.632. The van der Waals surface area contributed by atoms with Gasteiger partial charge in [0.2, 0.25) is 5.91 Å². The Labute approximate surface area is 148 Å². The fraction of sp³-hybridized carbons (Fsp3) is 0.444. The number of carbonyl (C=O) groups excluding carboxylic acids is 2. The summed E-state index contributed by atoms with van der Waals surface area (Å²) in [5.74, 6) is -0.171. The van der Waals surface area contributed by atoms with E-state index < -0.39 is 8.07 Å². The van der Waals surface area contributed by atoms with E-state index in [-0.39, 0.29) is 18.7 Å². The van der Waals surface area contributed by atoms with Gasteiger partial charge in [0.05, 0.1) is 5.69 Å². The molecule has 0 spiro atoms. The third-order valence-electron chi connectivity index (χ3n) is 4.39. The van der Waals surface area contributed by atoms with Crippen LogP contribution in [0.4, 0.5) is 10.5 Å². The van der Waals surface area contributed by atoms with Crippen LogP contribution in [0.25, 0.3) is 10.9 Å². The number of amides is 3. The van der Waals surface area contributed by atoms with Crippen LogP contribution in [0, 0.1) is 0 Å². The van der Waals surface area contributed by atoms with Gasteiger partial charge in [-0.05, 0) is 24.2 Å². The molecule has 3 rings (SSSR count). The first-order valence-electron chi connectivity index (χ1n) is 8.62. The standard InChI is InChI=1S/C18H25N3O3Si/c1-25(2,3)12-11-24-13-21-17(22)8-10-20(18(21)23)16-6-4-5-15-14(16)7-9-19-15/h4-7,9,19H,8,10-13H2,1-3H3. The number of hydrogen-bond donors (Lipinski definition) is 1. The molecule has 3 amide bonds. The number of nitrogens with zero attached hydrogens (tertiary/aromatic N) is 2. The van der Waals surface area contributed by atoms with Gasteiger partial charge in [-0.15, -0.1) is 0 Å². The minimum atomic E-state index is -1.19. The van der Waals surface area contributed by atoms with Crippen molar-refractivity contribution >= 4 is 36.6 Å². The first kappa shape index (κ1) is 17.7. The van der Waals surface area contributed by atoms with Gasteiger partial charge in [0, 0.05) is 44.7 Å². The van der Waals surface area contributed by atoms with Gasteiger partial charge in [0.25, 0.3) is 0 Å². The Bertz CT molecular complexity index is 781. The number of fused-ring (bicyclic) bond motifs is 1. The molecule has 1 aliphatic rings. The molecule has 2 aromatic rings. The molecule has 0 bridgehead atoms. The number of aromatic amines is 1. The second-order valence-electron chi connectivity index (χ2n) is 7.57. The summed E-state index contributed by atoms with van der Waals surface area (Å²) < 4.78 is 5.63. The number of urea groups is 1. The maximum absolute atomic E-state index is 12.8. The summed E-state index contributed by atoms with van der Waals surface area (Å²) in [7, 11) is -1.19. The van der Waals surface area contributed by atoms with E-state index in [0.717, 1.165) is 22.6 Å². The Balaban J connectivity index is 1.72. The number of H-pyrrole nitrogens is 1. The zero-order chi connectivity index (χ0) is 18.0. The average molecular weight is 360 g/mol. The Morgan fingerprint density at radius 3 is 2.76 bits per heavy atom. The van der Waals surface area contributed by atoms with Crippen LogP contribution in [0.2, 0.25) is 25.7 Å². The topological polar surface area (TPSA) is 65.6 Å². The van der Waals surface area contributed by atoms with Gasteiger partial charge in [-0.2, -0.15) is 0 Å². The number of ether oxygens (including phenoxy) is 1. The van der Waals surface area contributed by atoms with Crippen molar-refractivity contribution in [1.82, 2.24) is 9.88 Å². The van der Waals surface area contributed by atoms with Crippen LogP contribution >= 0.6 is 0 Å². The van der Waals surface area contributed by atoms with Gasteiger partial charge in [0.1, 0.15) is 6.73 Å². The molecule has 6 nitrogen and oxygen atoms in total. The van der Waals surface area contributed by atoms with Crippen molar-refractivity contribution in [3.63, 3.8) is 0 Å². The van der Waals surface area contributed by atoms with E-state index in [1.807, 2.05) is 30.5 Å². The normalized spacial score (nSPS) is 16.1. The summed E-state index contributed by atoms with van der Waals surface area (Å²) in [5.41, 5.74) is 1.79. The van der Waals surface area contributed by atoms with Crippen LogP contribution in [0.1, 0.15) is 6.42 Å². The Morgan fingerprint density at radius 2 is 2.00 bits per heavy atom. The SMILES string of the molecule is C[Si](C)(C)CCOCN1C(=O)CCN(c2cccc3[nH]ccc23)C1=O. The van der Waals surface area contributed by atoms with Crippen LogP contribution in [-0.4, -0.2) is 49.8 Å². The molecule has 0 unspecified atom stereocenters. The lowest BCUT2D eigenvalue weighted by atomic mass is 10.1. The molecule has 1 aromatic carbocycles. The highest BCUT2D eigenvalue weighted by Crippen LogP contribution is 2.29. The van der Waals surface area contributed by atoms with E-state index in [9.17, 15) is 9.59 Å². The minimum absolute atomic E-state index is 0.0295. The summed E-state index contributed by atoms with van der Waals surface area (Å²) in [5, 5.41) is 0.977. The minimum Gasteiger partial charge on any atom is -0.361 e. The molecule has 1 saturated heterocycles. The molecular formula is C18H25N3O3Si. The monoisotopic (exact) mass is 359 g/mol. The van der Waals surface area contributed by atoms with Crippen LogP contribution < -0.4 is 4.90 Å². The number of imide groups is 1. The summed E-state index contributed by atoms with van der Waals surface area (Å²) in [6.07, 6.45) is 2.16. The van der Waals surface area contributed by atoms with Gasteiger partial charge < -0.3 is 9.72 Å². The molecule has 0 saturated carbocycles. The van der Waals surface area contributed by atoms with Crippen LogP contribution in [0.3, 0.4) is 0 Å². The number of nitrogens with one attached hydrogen (secondary N) is 1. The zero-order valence-electron chi connectivity index (χ0n) is 15.0. The molecule has 1 N–H and O–H groups in total. The number of benzene rings is 1. The van der Waals surface area contributed by atoms with Gasteiger partial charge >= 0.3 is 6.03 Å². The molecule has 1 fully saturated rings. The summed E-state index contributed by atoms with van der Waals surface area (Å²) in [6, 6.07) is 8.44. The molecule has 134 valence electrons. The number of anilines is 1. The van der Waals surface area contributed by atoms with E-state index in [1.165, 1.54) is 4.90 Å². The van der Waals surface area contributed by atoms with Crippen LogP contribution in [-0.2, 0) is 9.53 Å². The maximum Gasteiger partial charge on any atom is 0.333 e. The van der Waals surface area contributed by atoms with Crippen molar-refractivity contribution in [1.29, 1.82) is 0 Å². The van der Waals surface area contributed by atoms with Crippen molar-refractivity contribution < 1.29 is 14.3 Å². The summed E-state index contributed by atoms with van der Waals surface area (Å²) >= 11 is 0. The van der Waals surface area contributed by atoms with Crippen molar-refractivity contribution in [2.45, 2.75) is 32.1 Å². The number of rotatable bonds is 6. The van der Waals surface area contributed by atoms with Crippen molar-refractivity contribution in [3.05, 3.63) is 30.5 Å². The van der Waals surface area contributed by atoms with E-state index in [0.29, 0.717) is 19.6 Å². The Kier molecular flexibility index (Phi) is 4.96. The second kappa shape index (κ2) is 7.01. The lowest BCUT2D eigenvalue weighted by Gasteiger charge is -2.34. The average Bonchev–Trinajstić information content (AvgIpc) is 3.02. The number of aromatic nitrogens is 1. The third-order valence-corrected chi connectivity index (χ3v) is 6.10. The highest BCUT2D eigenvalue weighted by Gasteiger charge is 2.33. The molecule has 1 aliphatic heterocycles. The molecule has 25 heavy (non-hydrogen) atoms. The van der Waals surface area contributed by atoms with Gasteiger partial charge in [0.15, 0.2) is 0 Å². The van der Waals surface area contributed by atoms with Gasteiger partial charge in [-0.3, -0.25) is 9.69 Å². The zero-order valence-corrected chi connectivity index (χ0v) is 16.0. The van der Waals surface area contributed by atoms with Crippen LogP contribution in [0.5, 0.6) is 0 Å². The molecular weight excluding hydrogens is 334 g/mol. The molecule has 0 atom stereocenters. The predicted octanol–water partition coefficient (Wildman–Crippen LogP) is 3.64. The van der Waals surface area contributed by atoms with E-state index in [4.69, 9.17) is 4.74 Å². The largest absolute Gasteiger partial charge is 0.361 e. The van der Waals surface area contributed by atoms with Crippen molar-refractivity contribution in [2.75, 3.05) is 24.8 Å². The fourth-order valence-electron chi connectivity index (χ4n) is 2.88. The third kappa shape index (κ3) is 3.93. The second-order valence-corrected chi connectivity index (χ2v) is 13.2. The summed E-state index contributed by atoms with van der Waals surface area (Å²) in [6.45, 7) is 7.82. The van der Waals surface area contributed by atoms with Crippen molar-refractivity contribution in [3.8, 4) is 0 Å². The molecule has 2 heterocycles. The van der Waals surface area contributed by atoms with E-state index >= 15 is 0 Å². The Morgan fingerprint density at radius 1 is 1.20 bits per heavy atom. The lowest BCUT2D eigenvalue weighted by molar-refractivity contribution is -0.133. The van der Waals surface area contributed by atoms with E-state index in [2.05, 4.69) is 24.6 Å². The smallest absolute Gasteiger partial charge is 0.333 e. The fourth-order valence-corrected chi connectivity index (χ4v) is 3.64. The van der Waals surface area contributed by atoms with E-state index in [1.54, 1.807) is 4.90 Å². The summed E-state index contributed by atoms with van der Waals surface area (Å²) in [4.78, 5) is 31.1. The highest BCUT2D eigenvalue weighted by atomic mass is 28.3. The first-order valence-corrected chi connectivity index (χ1v) is 12.3. The van der Waals surface area contributed by atoms with Crippen molar-refractivity contribution in [2.24, 2.45) is 0 Å². The molecule has 0 radical (unpaired) electrons. The number of carbonyl (C=O) groups is 2.